The fourth-order valence-electron chi connectivity index (χ4n) is 3.37. The van der Waals surface area contributed by atoms with E-state index in [0.717, 1.165) is 16.9 Å². The van der Waals surface area contributed by atoms with Gasteiger partial charge in [0.05, 0.1) is 18.4 Å². The summed E-state index contributed by atoms with van der Waals surface area (Å²) in [6, 6.07) is 9.46. The Bertz CT molecular complexity index is 874. The van der Waals surface area contributed by atoms with E-state index in [1.807, 2.05) is 35.3 Å². The molecule has 1 atom stereocenters. The summed E-state index contributed by atoms with van der Waals surface area (Å²) >= 11 is 0. The monoisotopic (exact) mass is 331 g/mol. The number of ketones is 1. The van der Waals surface area contributed by atoms with Gasteiger partial charge in [0.1, 0.15) is 23.9 Å². The molecule has 0 saturated heterocycles. The van der Waals surface area contributed by atoms with E-state index >= 15 is 0 Å². The first-order chi connectivity index (χ1) is 12.2. The third kappa shape index (κ3) is 2.56. The van der Waals surface area contributed by atoms with Crippen molar-refractivity contribution in [3.05, 3.63) is 66.0 Å². The number of hydrazone groups is 1. The number of Topliss-reactive ketones (excluding diaryl/α,β-unsaturated/α-hetero) is 1. The van der Waals surface area contributed by atoms with Crippen molar-refractivity contribution in [2.75, 3.05) is 0 Å². The van der Waals surface area contributed by atoms with Gasteiger partial charge >= 0.3 is 0 Å². The Morgan fingerprint density at radius 3 is 2.80 bits per heavy atom. The van der Waals surface area contributed by atoms with E-state index in [1.54, 1.807) is 6.26 Å². The first-order valence-corrected chi connectivity index (χ1v) is 8.29. The van der Waals surface area contributed by atoms with Crippen LogP contribution in [0.15, 0.2) is 65.5 Å². The van der Waals surface area contributed by atoms with Crippen molar-refractivity contribution in [3.8, 4) is 11.8 Å². The molecule has 3 aliphatic rings. The zero-order valence-electron chi connectivity index (χ0n) is 13.8. The van der Waals surface area contributed by atoms with E-state index < -0.39 is 0 Å². The maximum atomic E-state index is 12.4. The number of para-hydroxylation sites is 1. The fraction of sp³-hybridized carbons (Fsp3) is 0.250. The minimum Gasteiger partial charge on any atom is -0.464 e. The second-order valence-electron chi connectivity index (χ2n) is 6.34. The lowest BCUT2D eigenvalue weighted by Crippen LogP contribution is -2.31. The highest BCUT2D eigenvalue weighted by molar-refractivity contribution is 6.47. The van der Waals surface area contributed by atoms with Crippen molar-refractivity contribution >= 4 is 11.5 Å². The molecular weight excluding hydrogens is 314 g/mol. The molecule has 124 valence electrons. The highest BCUT2D eigenvalue weighted by Crippen LogP contribution is 2.44. The van der Waals surface area contributed by atoms with Crippen molar-refractivity contribution in [1.82, 2.24) is 5.01 Å². The molecule has 0 aromatic heterocycles. The molecule has 0 N–H and O–H groups in total. The number of fused-ring (bicyclic) bond motifs is 3. The van der Waals surface area contributed by atoms with Crippen LogP contribution in [-0.2, 0) is 4.79 Å². The lowest BCUT2D eigenvalue weighted by atomic mass is 9.91. The zero-order valence-corrected chi connectivity index (χ0v) is 13.8. The molecule has 1 unspecified atom stereocenters. The molecule has 0 bridgehead atoms. The number of hydrogen-bond donors (Lipinski definition) is 0. The summed E-state index contributed by atoms with van der Waals surface area (Å²) in [5.74, 6) is 0.878. The molecule has 1 aromatic carbocycles. The number of ether oxygens (including phenoxy) is 1. The van der Waals surface area contributed by atoms with E-state index in [9.17, 15) is 4.79 Å². The first-order valence-electron chi connectivity index (χ1n) is 8.29. The van der Waals surface area contributed by atoms with Gasteiger partial charge in [-0.1, -0.05) is 49.4 Å². The minimum atomic E-state index is -0.277. The molecule has 1 aliphatic carbocycles. The molecule has 2 aliphatic heterocycles. The maximum absolute atomic E-state index is 12.4. The standard InChI is InChI=1S/C20H17N3O2/c1-13-6-8-14(9-7-13)23-20-15-4-2-3-5-18(15)25-12-16(20)19(22-23)17(24)10-11-21/h2-9,12-14,20H,10H2,1H3. The number of carbonyl (C=O) groups excluding carboxylic acids is 1. The molecule has 0 saturated carbocycles. The molecule has 0 spiro atoms. The second kappa shape index (κ2) is 6.06. The molecule has 2 heterocycles. The summed E-state index contributed by atoms with van der Waals surface area (Å²) in [6.07, 6.45) is 9.86. The Labute approximate surface area is 146 Å². The van der Waals surface area contributed by atoms with Gasteiger partial charge in [-0.25, -0.2) is 0 Å². The average Bonchev–Trinajstić information content (AvgIpc) is 3.03. The molecule has 5 nitrogen and oxygen atoms in total. The van der Waals surface area contributed by atoms with Crippen LogP contribution in [0.25, 0.3) is 0 Å². The normalized spacial score (nSPS) is 26.1. The van der Waals surface area contributed by atoms with Gasteiger partial charge in [0, 0.05) is 11.1 Å². The van der Waals surface area contributed by atoms with E-state index in [4.69, 9.17) is 10.00 Å². The molecule has 1 aromatic rings. The van der Waals surface area contributed by atoms with Gasteiger partial charge in [0.15, 0.2) is 5.78 Å². The van der Waals surface area contributed by atoms with Crippen LogP contribution in [0.3, 0.4) is 0 Å². The lowest BCUT2D eigenvalue weighted by Gasteiger charge is -2.33. The Balaban J connectivity index is 1.78. The van der Waals surface area contributed by atoms with Crippen LogP contribution in [0.5, 0.6) is 5.75 Å². The Morgan fingerprint density at radius 1 is 1.28 bits per heavy atom. The third-order valence-corrected chi connectivity index (χ3v) is 4.61. The predicted octanol–water partition coefficient (Wildman–Crippen LogP) is 3.29. The fourth-order valence-corrected chi connectivity index (χ4v) is 3.37. The van der Waals surface area contributed by atoms with E-state index in [2.05, 4.69) is 36.3 Å². The summed E-state index contributed by atoms with van der Waals surface area (Å²) in [7, 11) is 0. The van der Waals surface area contributed by atoms with E-state index in [-0.39, 0.29) is 24.3 Å². The summed E-state index contributed by atoms with van der Waals surface area (Å²) in [6.45, 7) is 2.12. The van der Waals surface area contributed by atoms with Crippen LogP contribution in [0.4, 0.5) is 0 Å². The van der Waals surface area contributed by atoms with Crippen molar-refractivity contribution in [3.63, 3.8) is 0 Å². The number of rotatable bonds is 3. The van der Waals surface area contributed by atoms with Crippen LogP contribution in [0.1, 0.15) is 24.9 Å². The van der Waals surface area contributed by atoms with E-state index in [1.165, 1.54) is 0 Å². The molecular formula is C20H17N3O2. The van der Waals surface area contributed by atoms with Gasteiger partial charge in [-0.3, -0.25) is 9.80 Å². The number of nitrogens with zero attached hydrogens (tertiary/aromatic N) is 3. The van der Waals surface area contributed by atoms with Crippen molar-refractivity contribution in [2.24, 2.45) is 11.0 Å². The van der Waals surface area contributed by atoms with Gasteiger partial charge in [-0.05, 0) is 12.0 Å². The van der Waals surface area contributed by atoms with Gasteiger partial charge in [-0.15, -0.1) is 0 Å². The van der Waals surface area contributed by atoms with Crippen LogP contribution in [-0.4, -0.2) is 22.5 Å². The first kappa shape index (κ1) is 15.4. The highest BCUT2D eigenvalue weighted by atomic mass is 16.5. The number of hydrogen-bond acceptors (Lipinski definition) is 5. The van der Waals surface area contributed by atoms with Crippen molar-refractivity contribution in [2.45, 2.75) is 25.4 Å². The topological polar surface area (TPSA) is 65.7 Å². The number of benzene rings is 1. The van der Waals surface area contributed by atoms with Crippen LogP contribution >= 0.6 is 0 Å². The number of nitriles is 1. The van der Waals surface area contributed by atoms with E-state index in [0.29, 0.717) is 11.6 Å². The van der Waals surface area contributed by atoms with Gasteiger partial charge in [0.2, 0.25) is 0 Å². The Morgan fingerprint density at radius 2 is 2.04 bits per heavy atom. The Kier molecular flexibility index (Phi) is 3.73. The summed E-state index contributed by atoms with van der Waals surface area (Å²) in [5.41, 5.74) is 2.02. The lowest BCUT2D eigenvalue weighted by molar-refractivity contribution is -0.112. The minimum absolute atomic E-state index is 0.0388. The maximum Gasteiger partial charge on any atom is 0.197 e. The molecule has 0 radical (unpaired) electrons. The summed E-state index contributed by atoms with van der Waals surface area (Å²) in [4.78, 5) is 12.4. The molecule has 4 rings (SSSR count). The number of allylic oxidation sites excluding steroid dienone is 2. The second-order valence-corrected chi connectivity index (χ2v) is 6.34. The highest BCUT2D eigenvalue weighted by Gasteiger charge is 2.42. The smallest absolute Gasteiger partial charge is 0.197 e. The van der Waals surface area contributed by atoms with Crippen LogP contribution in [0, 0.1) is 17.2 Å². The zero-order chi connectivity index (χ0) is 17.4. The predicted molar refractivity (Wildman–Crippen MR) is 93.6 cm³/mol. The van der Waals surface area contributed by atoms with Gasteiger partial charge in [-0.2, -0.15) is 10.4 Å². The van der Waals surface area contributed by atoms with Gasteiger partial charge < -0.3 is 4.74 Å². The van der Waals surface area contributed by atoms with Crippen molar-refractivity contribution in [1.29, 1.82) is 5.26 Å². The summed E-state index contributed by atoms with van der Waals surface area (Å²) in [5, 5.41) is 15.4. The van der Waals surface area contributed by atoms with Gasteiger partial charge in [0.25, 0.3) is 0 Å². The largest absolute Gasteiger partial charge is 0.464 e. The Hall–Kier alpha value is -3.13. The van der Waals surface area contributed by atoms with Crippen LogP contribution < -0.4 is 4.74 Å². The SMILES string of the molecule is CC1C=CC(N2N=C(C(=O)CC#N)C3=COc4ccccc4C32)C=C1. The van der Waals surface area contributed by atoms with Crippen molar-refractivity contribution < 1.29 is 9.53 Å². The molecule has 0 fully saturated rings. The molecule has 0 amide bonds. The number of carbonyl (C=O) groups is 1. The average molecular weight is 331 g/mol. The van der Waals surface area contributed by atoms with Crippen LogP contribution in [0.2, 0.25) is 0 Å². The third-order valence-electron chi connectivity index (χ3n) is 4.61. The quantitative estimate of drug-likeness (QED) is 0.797. The molecule has 25 heavy (non-hydrogen) atoms. The summed E-state index contributed by atoms with van der Waals surface area (Å²) < 4.78 is 5.71. The molecule has 5 heteroatoms.